The number of nitrogens with zero attached hydrogens (tertiary/aromatic N) is 2. The van der Waals surface area contributed by atoms with Crippen LogP contribution in [0.5, 0.6) is 0 Å². The van der Waals surface area contributed by atoms with Crippen molar-refractivity contribution in [3.63, 3.8) is 0 Å². The number of carbonyl (C=O) groups excluding carboxylic acids is 1. The third kappa shape index (κ3) is 6.06. The van der Waals surface area contributed by atoms with Crippen LogP contribution in [0, 0.1) is 11.3 Å². The number of nitrogens with one attached hydrogen (secondary N) is 1. The van der Waals surface area contributed by atoms with Gasteiger partial charge in [-0.1, -0.05) is 40.5 Å². The van der Waals surface area contributed by atoms with Gasteiger partial charge in [-0.15, -0.1) is 0 Å². The molecule has 158 valence electrons. The highest BCUT2D eigenvalue weighted by molar-refractivity contribution is 7.70. The molecule has 1 amide bonds. The average molecular weight is 399 g/mol. The number of nitrogens with two attached hydrogens (primary N) is 1. The van der Waals surface area contributed by atoms with Crippen LogP contribution in [0.2, 0.25) is 0 Å². The van der Waals surface area contributed by atoms with Crippen molar-refractivity contribution in [2.45, 2.75) is 65.0 Å². The first-order chi connectivity index (χ1) is 12.5. The maximum Gasteiger partial charge on any atom is 0.222 e. The fraction of sp³-hybridized carbons (Fsp3) is 0.905. The van der Waals surface area contributed by atoms with Crippen molar-refractivity contribution in [3.8, 4) is 0 Å². The van der Waals surface area contributed by atoms with E-state index in [1.54, 1.807) is 0 Å². The Bertz CT molecular complexity index is 562. The van der Waals surface area contributed by atoms with Crippen LogP contribution in [-0.4, -0.2) is 73.5 Å². The summed E-state index contributed by atoms with van der Waals surface area (Å²) in [7, 11) is -1.24. The molecule has 0 aromatic rings. The minimum Gasteiger partial charge on any atom is -0.341 e. The van der Waals surface area contributed by atoms with Crippen LogP contribution in [-0.2, 0) is 4.79 Å². The van der Waals surface area contributed by atoms with E-state index in [2.05, 4.69) is 55.3 Å². The van der Waals surface area contributed by atoms with Crippen LogP contribution < -0.4 is 11.1 Å². The van der Waals surface area contributed by atoms with Crippen molar-refractivity contribution < 1.29 is 4.79 Å². The van der Waals surface area contributed by atoms with Gasteiger partial charge in [0.2, 0.25) is 5.91 Å². The molecule has 0 spiro atoms. The SMILES string of the molecule is C=P(C)(C)N1CCN(C(=O)CCCCCNC2(N)CC2(C)CC)CC(C)C1. The Labute approximate surface area is 167 Å². The van der Waals surface area contributed by atoms with Crippen molar-refractivity contribution in [3.05, 3.63) is 0 Å². The fourth-order valence-electron chi connectivity index (χ4n) is 4.27. The van der Waals surface area contributed by atoms with E-state index in [9.17, 15) is 4.79 Å². The Hall–Kier alpha value is -0.350. The topological polar surface area (TPSA) is 61.6 Å². The molecule has 1 saturated heterocycles. The Morgan fingerprint density at radius 2 is 1.96 bits per heavy atom. The normalized spacial score (nSPS) is 32.4. The Morgan fingerprint density at radius 1 is 1.26 bits per heavy atom. The van der Waals surface area contributed by atoms with Gasteiger partial charge < -0.3 is 10.6 Å². The van der Waals surface area contributed by atoms with E-state index in [1.807, 2.05) is 0 Å². The molecular weight excluding hydrogens is 355 g/mol. The van der Waals surface area contributed by atoms with E-state index in [-0.39, 0.29) is 11.1 Å². The van der Waals surface area contributed by atoms with Crippen molar-refractivity contribution in [1.29, 1.82) is 0 Å². The zero-order valence-electron chi connectivity index (χ0n) is 18.4. The molecule has 0 aromatic heterocycles. The molecule has 3 unspecified atom stereocenters. The largest absolute Gasteiger partial charge is 0.341 e. The molecule has 3 atom stereocenters. The van der Waals surface area contributed by atoms with Crippen LogP contribution in [0.15, 0.2) is 0 Å². The van der Waals surface area contributed by atoms with Crippen molar-refractivity contribution in [1.82, 2.24) is 14.9 Å². The highest BCUT2D eigenvalue weighted by Crippen LogP contribution is 2.54. The molecule has 1 aliphatic carbocycles. The summed E-state index contributed by atoms with van der Waals surface area (Å²) < 4.78 is 2.52. The summed E-state index contributed by atoms with van der Waals surface area (Å²) in [5, 5.41) is 3.53. The molecule has 6 heteroatoms. The predicted molar refractivity (Wildman–Crippen MR) is 120 cm³/mol. The van der Waals surface area contributed by atoms with Crippen LogP contribution in [0.4, 0.5) is 0 Å². The monoisotopic (exact) mass is 398 g/mol. The quantitative estimate of drug-likeness (QED) is 0.356. The van der Waals surface area contributed by atoms with Crippen LogP contribution in [0.25, 0.3) is 0 Å². The number of amides is 1. The van der Waals surface area contributed by atoms with E-state index in [1.165, 1.54) is 0 Å². The van der Waals surface area contributed by atoms with Crippen LogP contribution >= 0.6 is 7.04 Å². The standard InChI is InChI=1S/C21H43N4OP/c1-7-20(3)17-21(20,22)23-12-10-8-9-11-19(26)24-13-14-25(27(4,5)6)16-18(2)15-24/h18,23H,4,7-17,22H2,1-3,5-6H3. The second-order valence-corrected chi connectivity index (χ2v) is 13.6. The third-order valence-electron chi connectivity index (χ3n) is 6.71. The van der Waals surface area contributed by atoms with Gasteiger partial charge in [-0.3, -0.25) is 14.8 Å². The summed E-state index contributed by atoms with van der Waals surface area (Å²) in [4.78, 5) is 14.7. The first kappa shape index (κ1) is 22.9. The molecule has 27 heavy (non-hydrogen) atoms. The smallest absolute Gasteiger partial charge is 0.222 e. The van der Waals surface area contributed by atoms with Gasteiger partial charge in [0.25, 0.3) is 0 Å². The average Bonchev–Trinajstić information content (AvgIpc) is 3.20. The Morgan fingerprint density at radius 3 is 2.56 bits per heavy atom. The summed E-state index contributed by atoms with van der Waals surface area (Å²) in [6, 6.07) is 0. The summed E-state index contributed by atoms with van der Waals surface area (Å²) in [6.45, 7) is 16.0. The minimum absolute atomic E-state index is 0.157. The maximum atomic E-state index is 12.6. The van der Waals surface area contributed by atoms with Gasteiger partial charge in [-0.05, 0) is 51.5 Å². The highest BCUT2D eigenvalue weighted by Gasteiger charge is 2.60. The molecule has 5 nitrogen and oxygen atoms in total. The second-order valence-electron chi connectivity index (χ2n) is 9.78. The van der Waals surface area contributed by atoms with Gasteiger partial charge in [0.05, 0.1) is 5.66 Å². The molecule has 3 N–H and O–H groups in total. The summed E-state index contributed by atoms with van der Waals surface area (Å²) in [5.41, 5.74) is 6.50. The number of carbonyl (C=O) groups is 1. The molecule has 1 heterocycles. The Kier molecular flexibility index (Phi) is 7.63. The molecule has 2 fully saturated rings. The molecule has 0 bridgehead atoms. The van der Waals surface area contributed by atoms with Crippen molar-refractivity contribution in [2.24, 2.45) is 17.1 Å². The lowest BCUT2D eigenvalue weighted by atomic mass is 10.0. The zero-order valence-corrected chi connectivity index (χ0v) is 19.3. The lowest BCUT2D eigenvalue weighted by molar-refractivity contribution is -0.131. The van der Waals surface area contributed by atoms with Gasteiger partial charge in [0.15, 0.2) is 0 Å². The third-order valence-corrected chi connectivity index (χ3v) is 8.60. The van der Waals surface area contributed by atoms with Crippen LogP contribution in [0.1, 0.15) is 59.3 Å². The van der Waals surface area contributed by atoms with Gasteiger partial charge in [-0.25, -0.2) is 0 Å². The molecule has 2 rings (SSSR count). The maximum absolute atomic E-state index is 12.6. The van der Waals surface area contributed by atoms with Gasteiger partial charge >= 0.3 is 0 Å². The summed E-state index contributed by atoms with van der Waals surface area (Å²) in [5.74, 6) is 0.849. The van der Waals surface area contributed by atoms with Crippen LogP contribution in [0.3, 0.4) is 0 Å². The fourth-order valence-corrected chi connectivity index (χ4v) is 5.62. The predicted octanol–water partition coefficient (Wildman–Crippen LogP) is 3.02. The first-order valence-corrected chi connectivity index (χ1v) is 13.6. The highest BCUT2D eigenvalue weighted by atomic mass is 31.2. The minimum atomic E-state index is -1.24. The van der Waals surface area contributed by atoms with Crippen molar-refractivity contribution in [2.75, 3.05) is 46.1 Å². The lowest BCUT2D eigenvalue weighted by Crippen LogP contribution is -2.45. The molecule has 2 aliphatic rings. The molecule has 1 aliphatic heterocycles. The molecule has 0 aromatic carbocycles. The Balaban J connectivity index is 1.64. The van der Waals surface area contributed by atoms with Crippen molar-refractivity contribution >= 4 is 19.2 Å². The number of hydrogen-bond donors (Lipinski definition) is 2. The summed E-state index contributed by atoms with van der Waals surface area (Å²) >= 11 is 0. The van der Waals surface area contributed by atoms with E-state index in [0.29, 0.717) is 18.2 Å². The zero-order chi connectivity index (χ0) is 20.3. The summed E-state index contributed by atoms with van der Waals surface area (Å²) in [6.07, 6.45) is 10.4. The number of hydrogen-bond acceptors (Lipinski definition) is 4. The van der Waals surface area contributed by atoms with E-state index in [4.69, 9.17) is 5.73 Å². The van der Waals surface area contributed by atoms with Gasteiger partial charge in [0.1, 0.15) is 0 Å². The molecular formula is C21H43N4OP. The molecule has 1 saturated carbocycles. The number of unbranched alkanes of at least 4 members (excludes halogenated alkanes) is 2. The first-order valence-electron chi connectivity index (χ1n) is 10.8. The van der Waals surface area contributed by atoms with E-state index in [0.717, 1.165) is 64.8 Å². The van der Waals surface area contributed by atoms with Gasteiger partial charge in [0, 0.05) is 38.0 Å². The molecule has 0 radical (unpaired) electrons. The van der Waals surface area contributed by atoms with E-state index < -0.39 is 7.04 Å². The van der Waals surface area contributed by atoms with E-state index >= 15 is 0 Å². The second kappa shape index (κ2) is 8.98. The number of rotatable bonds is 9. The van der Waals surface area contributed by atoms with Gasteiger partial charge in [-0.2, -0.15) is 0 Å². The lowest BCUT2D eigenvalue weighted by Gasteiger charge is -2.31.